The minimum atomic E-state index is -3.90. The molecule has 47 heavy (non-hydrogen) atoms. The Hall–Kier alpha value is -3.93. The number of fused-ring (bicyclic) bond motifs is 3. The van der Waals surface area contributed by atoms with Gasteiger partial charge in [-0.05, 0) is 62.6 Å². The minimum absolute atomic E-state index is 0.00731. The second-order valence-electron chi connectivity index (χ2n) is 12.6. The SMILES string of the molecule is CCCN1C(=O)[C@H](CCCCNS(=O)(=O)c2cc3oc4ccccc4c3cc2OC)NC(=O)C12CCN(CCc1ccccc1)CC2. The topological polar surface area (TPSA) is 121 Å². The number of benzene rings is 3. The van der Waals surface area contributed by atoms with Crippen molar-refractivity contribution in [2.75, 3.05) is 39.8 Å². The second kappa shape index (κ2) is 14.0. The van der Waals surface area contributed by atoms with Crippen molar-refractivity contribution in [2.45, 2.75) is 68.3 Å². The Balaban J connectivity index is 1.03. The van der Waals surface area contributed by atoms with E-state index in [0.717, 1.165) is 43.2 Å². The first-order valence-corrected chi connectivity index (χ1v) is 18.1. The number of carbonyl (C=O) groups excluding carboxylic acids is 2. The van der Waals surface area contributed by atoms with E-state index in [0.29, 0.717) is 49.8 Å². The average molecular weight is 661 g/mol. The molecule has 6 rings (SSSR count). The number of hydrogen-bond donors (Lipinski definition) is 2. The number of piperazine rings is 1. The van der Waals surface area contributed by atoms with Crippen LogP contribution in [0.25, 0.3) is 21.9 Å². The molecule has 4 aromatic rings. The molecule has 2 aliphatic heterocycles. The summed E-state index contributed by atoms with van der Waals surface area (Å²) in [5.41, 5.74) is 1.63. The fourth-order valence-electron chi connectivity index (χ4n) is 7.05. The van der Waals surface area contributed by atoms with Gasteiger partial charge in [0.1, 0.15) is 33.4 Å². The standard InChI is InChI=1S/C36H44N4O6S/c1-3-20-40-34(41)29(38-35(42)36(40)17-22-39(23-18-36)21-16-26-11-5-4-6-12-26)14-9-10-19-37-47(43,44)33-25-31-28(24-32(33)45-2)27-13-7-8-15-30(27)46-31/h4-8,11-13,15,24-25,29,37H,3,9-10,14,16-23H2,1-2H3,(H,38,42)/t29-/m0/s1. The lowest BCUT2D eigenvalue weighted by molar-refractivity contribution is -0.161. The molecule has 0 radical (unpaired) electrons. The van der Waals surface area contributed by atoms with Crippen LogP contribution < -0.4 is 14.8 Å². The van der Waals surface area contributed by atoms with Crippen molar-refractivity contribution < 1.29 is 27.2 Å². The van der Waals surface area contributed by atoms with Gasteiger partial charge in [-0.1, -0.05) is 55.5 Å². The molecule has 2 fully saturated rings. The summed E-state index contributed by atoms with van der Waals surface area (Å²) in [7, 11) is -2.46. The highest BCUT2D eigenvalue weighted by Gasteiger charge is 2.53. The second-order valence-corrected chi connectivity index (χ2v) is 14.4. The first-order valence-electron chi connectivity index (χ1n) is 16.6. The first kappa shape index (κ1) is 33.0. The number of para-hydroxylation sites is 1. The predicted molar refractivity (Wildman–Crippen MR) is 182 cm³/mol. The van der Waals surface area contributed by atoms with Gasteiger partial charge in [0, 0.05) is 49.6 Å². The number of unbranched alkanes of at least 4 members (excludes halogenated alkanes) is 1. The third-order valence-corrected chi connectivity index (χ3v) is 11.1. The van der Waals surface area contributed by atoms with Crippen LogP contribution in [0.15, 0.2) is 76.0 Å². The molecule has 0 unspecified atom stereocenters. The van der Waals surface area contributed by atoms with E-state index in [-0.39, 0.29) is 29.0 Å². The van der Waals surface area contributed by atoms with E-state index in [1.807, 2.05) is 42.2 Å². The number of furan rings is 1. The van der Waals surface area contributed by atoms with E-state index in [4.69, 9.17) is 9.15 Å². The zero-order valence-corrected chi connectivity index (χ0v) is 28.0. The number of sulfonamides is 1. The highest BCUT2D eigenvalue weighted by molar-refractivity contribution is 7.89. The highest BCUT2D eigenvalue weighted by atomic mass is 32.2. The average Bonchev–Trinajstić information content (AvgIpc) is 3.46. The summed E-state index contributed by atoms with van der Waals surface area (Å²) in [5, 5.41) is 4.71. The quantitative estimate of drug-likeness (QED) is 0.197. The molecule has 11 heteroatoms. The van der Waals surface area contributed by atoms with Crippen LogP contribution in [-0.4, -0.2) is 81.4 Å². The Labute approximate surface area is 276 Å². The van der Waals surface area contributed by atoms with Crippen molar-refractivity contribution in [3.63, 3.8) is 0 Å². The molecule has 250 valence electrons. The maximum absolute atomic E-state index is 13.7. The summed E-state index contributed by atoms with van der Waals surface area (Å²) in [4.78, 5) is 31.6. The van der Waals surface area contributed by atoms with Gasteiger partial charge in [0.2, 0.25) is 21.8 Å². The maximum atomic E-state index is 13.7. The number of carbonyl (C=O) groups is 2. The summed E-state index contributed by atoms with van der Waals surface area (Å²) in [5.74, 6) is 0.139. The van der Waals surface area contributed by atoms with Crippen LogP contribution in [0.3, 0.4) is 0 Å². The molecule has 10 nitrogen and oxygen atoms in total. The fourth-order valence-corrected chi connectivity index (χ4v) is 8.29. The third kappa shape index (κ3) is 6.75. The van der Waals surface area contributed by atoms with Crippen molar-refractivity contribution in [3.8, 4) is 5.75 Å². The molecule has 0 bridgehead atoms. The number of likely N-dealkylation sites (tertiary alicyclic amines) is 1. The van der Waals surface area contributed by atoms with Gasteiger partial charge in [0.15, 0.2) is 0 Å². The van der Waals surface area contributed by atoms with Crippen LogP contribution in [0.2, 0.25) is 0 Å². The molecule has 1 aromatic heterocycles. The molecule has 1 spiro atoms. The van der Waals surface area contributed by atoms with Crippen molar-refractivity contribution in [1.82, 2.24) is 19.8 Å². The van der Waals surface area contributed by atoms with Crippen LogP contribution in [0.4, 0.5) is 0 Å². The lowest BCUT2D eigenvalue weighted by atomic mass is 9.81. The van der Waals surface area contributed by atoms with Crippen molar-refractivity contribution in [2.24, 2.45) is 0 Å². The molecule has 2 amide bonds. The van der Waals surface area contributed by atoms with Crippen molar-refractivity contribution in [1.29, 1.82) is 0 Å². The zero-order valence-electron chi connectivity index (χ0n) is 27.2. The summed E-state index contributed by atoms with van der Waals surface area (Å²) >= 11 is 0. The van der Waals surface area contributed by atoms with Crippen LogP contribution in [-0.2, 0) is 26.0 Å². The van der Waals surface area contributed by atoms with Crippen LogP contribution in [0, 0.1) is 0 Å². The van der Waals surface area contributed by atoms with Gasteiger partial charge < -0.3 is 24.3 Å². The number of piperidine rings is 1. The van der Waals surface area contributed by atoms with Crippen molar-refractivity contribution in [3.05, 3.63) is 72.3 Å². The van der Waals surface area contributed by atoms with Gasteiger partial charge in [0.25, 0.3) is 0 Å². The number of ether oxygens (including phenoxy) is 1. The molecule has 0 saturated carbocycles. The number of hydrogen-bond acceptors (Lipinski definition) is 7. The molecule has 2 saturated heterocycles. The van der Waals surface area contributed by atoms with Gasteiger partial charge in [-0.3, -0.25) is 9.59 Å². The van der Waals surface area contributed by atoms with E-state index in [9.17, 15) is 18.0 Å². The number of methoxy groups -OCH3 is 1. The highest BCUT2D eigenvalue weighted by Crippen LogP contribution is 2.36. The monoisotopic (exact) mass is 660 g/mol. The first-order chi connectivity index (χ1) is 22.8. The summed E-state index contributed by atoms with van der Waals surface area (Å²) in [6.45, 7) is 5.23. The lowest BCUT2D eigenvalue weighted by Gasteiger charge is -2.51. The lowest BCUT2D eigenvalue weighted by Crippen LogP contribution is -2.72. The van der Waals surface area contributed by atoms with E-state index < -0.39 is 21.6 Å². The summed E-state index contributed by atoms with van der Waals surface area (Å²) < 4.78 is 40.6. The van der Waals surface area contributed by atoms with E-state index >= 15 is 0 Å². The van der Waals surface area contributed by atoms with Crippen molar-refractivity contribution >= 4 is 43.8 Å². The summed E-state index contributed by atoms with van der Waals surface area (Å²) in [6, 6.07) is 20.5. The van der Waals surface area contributed by atoms with Crippen LogP contribution >= 0.6 is 0 Å². The summed E-state index contributed by atoms with van der Waals surface area (Å²) in [6.07, 6.45) is 4.49. The minimum Gasteiger partial charge on any atom is -0.495 e. The normalized spacial score (nSPS) is 18.7. The third-order valence-electron chi connectivity index (χ3n) is 9.66. The smallest absolute Gasteiger partial charge is 0.246 e. The molecular formula is C36H44N4O6S. The molecule has 2 aliphatic rings. The van der Waals surface area contributed by atoms with E-state index in [2.05, 4.69) is 39.2 Å². The predicted octanol–water partition coefficient (Wildman–Crippen LogP) is 4.86. The molecule has 3 aromatic carbocycles. The van der Waals surface area contributed by atoms with Crippen LogP contribution in [0.5, 0.6) is 5.75 Å². The molecule has 1 atom stereocenters. The Morgan fingerprint density at radius 3 is 2.45 bits per heavy atom. The van der Waals surface area contributed by atoms with Gasteiger partial charge in [-0.25, -0.2) is 13.1 Å². The number of nitrogens with one attached hydrogen (secondary N) is 2. The number of nitrogens with zero attached hydrogens (tertiary/aromatic N) is 2. The van der Waals surface area contributed by atoms with Gasteiger partial charge in [-0.15, -0.1) is 0 Å². The van der Waals surface area contributed by atoms with E-state index in [1.165, 1.54) is 18.7 Å². The van der Waals surface area contributed by atoms with Crippen LogP contribution in [0.1, 0.15) is 51.0 Å². The molecular weight excluding hydrogens is 616 g/mol. The Kier molecular flexibility index (Phi) is 9.86. The largest absolute Gasteiger partial charge is 0.495 e. The molecule has 3 heterocycles. The molecule has 0 aliphatic carbocycles. The van der Waals surface area contributed by atoms with E-state index in [1.54, 1.807) is 6.07 Å². The zero-order chi connectivity index (χ0) is 33.0. The number of amides is 2. The van der Waals surface area contributed by atoms with Gasteiger partial charge in [0.05, 0.1) is 7.11 Å². The Morgan fingerprint density at radius 1 is 0.957 bits per heavy atom. The fraction of sp³-hybridized carbons (Fsp3) is 0.444. The van der Waals surface area contributed by atoms with Gasteiger partial charge >= 0.3 is 0 Å². The molecule has 2 N–H and O–H groups in total. The Morgan fingerprint density at radius 2 is 1.70 bits per heavy atom. The number of rotatable bonds is 13. The maximum Gasteiger partial charge on any atom is 0.246 e. The Bertz CT molecular complexity index is 1830. The van der Waals surface area contributed by atoms with Gasteiger partial charge in [-0.2, -0.15) is 0 Å².